The van der Waals surface area contributed by atoms with Crippen LogP contribution in [0.15, 0.2) is 71.6 Å². The van der Waals surface area contributed by atoms with Gasteiger partial charge in [0.05, 0.1) is 31.9 Å². The molecule has 0 radical (unpaired) electrons. The maximum absolute atomic E-state index is 14.2. The quantitative estimate of drug-likeness (QED) is 0.287. The molecule has 11 heteroatoms. The molecule has 0 bridgehead atoms. The molecular weight excluding hydrogens is 570 g/mol. The van der Waals surface area contributed by atoms with Crippen LogP contribution in [0.3, 0.4) is 0 Å². The Morgan fingerprint density at radius 1 is 0.837 bits per heavy atom. The first-order valence-corrected chi connectivity index (χ1v) is 15.4. The number of sulfonamides is 1. The number of aryl methyl sites for hydroxylation is 1. The van der Waals surface area contributed by atoms with Gasteiger partial charge in [-0.3, -0.25) is 13.9 Å². The van der Waals surface area contributed by atoms with Crippen molar-refractivity contribution < 1.29 is 32.2 Å². The number of amides is 2. The van der Waals surface area contributed by atoms with E-state index >= 15 is 0 Å². The normalized spacial score (nSPS) is 11.9. The summed E-state index contributed by atoms with van der Waals surface area (Å²) in [6.07, 6.45) is 0. The highest BCUT2D eigenvalue weighted by Crippen LogP contribution is 2.36. The van der Waals surface area contributed by atoms with E-state index in [9.17, 15) is 18.0 Å². The maximum atomic E-state index is 14.2. The van der Waals surface area contributed by atoms with Crippen molar-refractivity contribution in [3.05, 3.63) is 77.9 Å². The lowest BCUT2D eigenvalue weighted by atomic mass is 10.1. The second-order valence-corrected chi connectivity index (χ2v) is 12.4. The fourth-order valence-corrected chi connectivity index (χ4v) is 5.72. The number of nitrogens with one attached hydrogen (secondary N) is 1. The van der Waals surface area contributed by atoms with E-state index in [-0.39, 0.29) is 34.7 Å². The van der Waals surface area contributed by atoms with Crippen molar-refractivity contribution >= 4 is 27.5 Å². The molecule has 232 valence electrons. The maximum Gasteiger partial charge on any atom is 0.264 e. The van der Waals surface area contributed by atoms with E-state index in [1.54, 1.807) is 62.6 Å². The number of carbonyl (C=O) groups excluding carboxylic acids is 2. The van der Waals surface area contributed by atoms with Crippen LogP contribution in [-0.2, 0) is 26.2 Å². The first kappa shape index (κ1) is 33.3. The van der Waals surface area contributed by atoms with Crippen molar-refractivity contribution in [2.75, 3.05) is 38.7 Å². The summed E-state index contributed by atoms with van der Waals surface area (Å²) in [6.45, 7) is 7.32. The number of hydrogen-bond donors (Lipinski definition) is 1. The minimum absolute atomic E-state index is 0.000187. The van der Waals surface area contributed by atoms with Gasteiger partial charge in [-0.05, 0) is 61.7 Å². The monoisotopic (exact) mass is 611 g/mol. The average Bonchev–Trinajstić information content (AvgIpc) is 3.00. The summed E-state index contributed by atoms with van der Waals surface area (Å²) in [4.78, 5) is 28.7. The van der Waals surface area contributed by atoms with Gasteiger partial charge in [-0.2, -0.15) is 0 Å². The van der Waals surface area contributed by atoms with Gasteiger partial charge in [0.1, 0.15) is 29.8 Å². The lowest BCUT2D eigenvalue weighted by Gasteiger charge is -2.32. The average molecular weight is 612 g/mol. The van der Waals surface area contributed by atoms with E-state index in [1.165, 1.54) is 37.3 Å². The summed E-state index contributed by atoms with van der Waals surface area (Å²) in [6, 6.07) is 17.3. The smallest absolute Gasteiger partial charge is 0.264 e. The van der Waals surface area contributed by atoms with E-state index in [2.05, 4.69) is 5.32 Å². The summed E-state index contributed by atoms with van der Waals surface area (Å²) in [5.74, 6) is 0.533. The number of nitrogens with zero attached hydrogens (tertiary/aromatic N) is 2. The summed E-state index contributed by atoms with van der Waals surface area (Å²) in [5, 5.41) is 2.88. The van der Waals surface area contributed by atoms with E-state index in [0.29, 0.717) is 18.0 Å². The molecule has 1 unspecified atom stereocenters. The number of methoxy groups -OCH3 is 3. The zero-order chi connectivity index (χ0) is 31.7. The molecule has 0 aromatic heterocycles. The highest BCUT2D eigenvalue weighted by molar-refractivity contribution is 7.92. The molecule has 10 nitrogen and oxygen atoms in total. The molecule has 0 aliphatic heterocycles. The molecule has 3 rings (SSSR count). The Kier molecular flexibility index (Phi) is 11.4. The SMILES string of the molecule is COc1ccc(CN(C(=O)CN(c2cc(OC)ccc2OC)S(=O)(=O)c2ccc(C)cc2)C(C)C(=O)NCC(C)C)cc1. The van der Waals surface area contributed by atoms with Gasteiger partial charge in [0.25, 0.3) is 10.0 Å². The summed E-state index contributed by atoms with van der Waals surface area (Å²) in [7, 11) is 0.164. The second kappa shape index (κ2) is 14.8. The van der Waals surface area contributed by atoms with E-state index in [0.717, 1.165) is 15.4 Å². The van der Waals surface area contributed by atoms with Crippen LogP contribution in [0.1, 0.15) is 31.9 Å². The Hall–Kier alpha value is -4.25. The molecule has 0 saturated heterocycles. The van der Waals surface area contributed by atoms with E-state index in [4.69, 9.17) is 14.2 Å². The summed E-state index contributed by atoms with van der Waals surface area (Å²) >= 11 is 0. The number of rotatable bonds is 14. The fraction of sp³-hybridized carbons (Fsp3) is 0.375. The molecule has 3 aromatic carbocycles. The Balaban J connectivity index is 2.10. The van der Waals surface area contributed by atoms with Crippen molar-refractivity contribution in [3.63, 3.8) is 0 Å². The molecule has 0 fully saturated rings. The van der Waals surface area contributed by atoms with Crippen LogP contribution >= 0.6 is 0 Å². The van der Waals surface area contributed by atoms with Gasteiger partial charge in [-0.15, -0.1) is 0 Å². The Morgan fingerprint density at radius 2 is 1.44 bits per heavy atom. The molecule has 43 heavy (non-hydrogen) atoms. The third kappa shape index (κ3) is 8.41. The Bertz CT molecular complexity index is 1490. The molecular formula is C32H41N3O7S. The predicted molar refractivity (Wildman–Crippen MR) is 166 cm³/mol. The van der Waals surface area contributed by atoms with Gasteiger partial charge in [0, 0.05) is 19.2 Å². The van der Waals surface area contributed by atoms with Crippen molar-refractivity contribution in [1.82, 2.24) is 10.2 Å². The first-order chi connectivity index (χ1) is 20.4. The van der Waals surface area contributed by atoms with Crippen molar-refractivity contribution in [3.8, 4) is 17.2 Å². The molecule has 3 aromatic rings. The topological polar surface area (TPSA) is 114 Å². The summed E-state index contributed by atoms with van der Waals surface area (Å²) in [5.41, 5.74) is 1.74. The van der Waals surface area contributed by atoms with Gasteiger partial charge < -0.3 is 24.4 Å². The number of ether oxygens (including phenoxy) is 3. The zero-order valence-electron chi connectivity index (χ0n) is 25.8. The zero-order valence-corrected chi connectivity index (χ0v) is 26.6. The largest absolute Gasteiger partial charge is 0.497 e. The third-order valence-corrected chi connectivity index (χ3v) is 8.68. The van der Waals surface area contributed by atoms with Crippen molar-refractivity contribution in [2.45, 2.75) is 45.2 Å². The van der Waals surface area contributed by atoms with Crippen LogP contribution < -0.4 is 23.8 Å². The number of anilines is 1. The fourth-order valence-electron chi connectivity index (χ4n) is 4.31. The van der Waals surface area contributed by atoms with Gasteiger partial charge >= 0.3 is 0 Å². The first-order valence-electron chi connectivity index (χ1n) is 13.9. The van der Waals surface area contributed by atoms with Crippen LogP contribution in [0.2, 0.25) is 0 Å². The standard InChI is InChI=1S/C32H41N3O7S/c1-22(2)19-33-32(37)24(4)34(20-25-10-12-26(40-5)13-11-25)31(36)21-35(29-18-27(41-6)14-17-30(29)42-7)43(38,39)28-15-8-23(3)9-16-28/h8-18,22,24H,19-21H2,1-7H3,(H,33,37). The van der Waals surface area contributed by atoms with Crippen LogP contribution in [0.4, 0.5) is 5.69 Å². The predicted octanol–water partition coefficient (Wildman–Crippen LogP) is 4.41. The van der Waals surface area contributed by atoms with Gasteiger partial charge in [-0.1, -0.05) is 43.7 Å². The molecule has 1 N–H and O–H groups in total. The lowest BCUT2D eigenvalue weighted by molar-refractivity contribution is -0.139. The van der Waals surface area contributed by atoms with E-state index < -0.39 is 28.5 Å². The number of hydrogen-bond acceptors (Lipinski definition) is 7. The van der Waals surface area contributed by atoms with E-state index in [1.807, 2.05) is 20.8 Å². The molecule has 0 aliphatic rings. The highest BCUT2D eigenvalue weighted by atomic mass is 32.2. The molecule has 0 heterocycles. The third-order valence-electron chi connectivity index (χ3n) is 6.91. The minimum Gasteiger partial charge on any atom is -0.497 e. The molecule has 0 aliphatic carbocycles. The second-order valence-electron chi connectivity index (χ2n) is 10.5. The lowest BCUT2D eigenvalue weighted by Crippen LogP contribution is -2.51. The molecule has 0 saturated carbocycles. The molecule has 2 amide bonds. The van der Waals surface area contributed by atoms with Crippen LogP contribution in [0.5, 0.6) is 17.2 Å². The number of carbonyl (C=O) groups is 2. The van der Waals surface area contributed by atoms with Crippen LogP contribution in [0.25, 0.3) is 0 Å². The highest BCUT2D eigenvalue weighted by Gasteiger charge is 2.34. The molecule has 1 atom stereocenters. The minimum atomic E-state index is -4.27. The van der Waals surface area contributed by atoms with Crippen LogP contribution in [-0.4, -0.2) is 65.6 Å². The van der Waals surface area contributed by atoms with Gasteiger partial charge in [0.15, 0.2) is 0 Å². The van der Waals surface area contributed by atoms with Crippen molar-refractivity contribution in [2.24, 2.45) is 5.92 Å². The van der Waals surface area contributed by atoms with Gasteiger partial charge in [0.2, 0.25) is 11.8 Å². The van der Waals surface area contributed by atoms with Crippen molar-refractivity contribution in [1.29, 1.82) is 0 Å². The Labute approximate surface area is 254 Å². The van der Waals surface area contributed by atoms with Gasteiger partial charge in [-0.25, -0.2) is 8.42 Å². The van der Waals surface area contributed by atoms with Crippen LogP contribution in [0, 0.1) is 12.8 Å². The summed E-state index contributed by atoms with van der Waals surface area (Å²) < 4.78 is 45.4. The Morgan fingerprint density at radius 3 is 2.00 bits per heavy atom. The molecule has 0 spiro atoms. The number of benzene rings is 3.